The molecule has 36 heavy (non-hydrogen) atoms. The molecular weight excluding hydrogens is 458 g/mol. The summed E-state index contributed by atoms with van der Waals surface area (Å²) in [7, 11) is 1.40. The second kappa shape index (κ2) is 10.9. The van der Waals surface area contributed by atoms with Crippen molar-refractivity contribution in [2.24, 2.45) is 0 Å². The lowest BCUT2D eigenvalue weighted by molar-refractivity contribution is -0.140. The van der Waals surface area contributed by atoms with Gasteiger partial charge in [0.1, 0.15) is 5.75 Å². The topological polar surface area (TPSA) is 83.1 Å². The number of amides is 1. The lowest BCUT2D eigenvalue weighted by Gasteiger charge is -2.22. The SMILES string of the molecule is COC(=O)CC(c1ccc2c(c1)OCO2)c1ccc2ccc(OCC(=O)NC3CCCCC3)cc2c1. The Bertz CT molecular complexity index is 1250. The number of hydrogen-bond acceptors (Lipinski definition) is 6. The summed E-state index contributed by atoms with van der Waals surface area (Å²) in [5, 5.41) is 5.09. The molecule has 1 fully saturated rings. The van der Waals surface area contributed by atoms with Gasteiger partial charge in [0.05, 0.1) is 13.5 Å². The normalized spacial score (nSPS) is 15.9. The Morgan fingerprint density at radius 1 is 0.917 bits per heavy atom. The highest BCUT2D eigenvalue weighted by atomic mass is 16.7. The maximum Gasteiger partial charge on any atom is 0.306 e. The van der Waals surface area contributed by atoms with Crippen LogP contribution in [-0.2, 0) is 14.3 Å². The third-order valence-electron chi connectivity index (χ3n) is 6.98. The van der Waals surface area contributed by atoms with Crippen molar-refractivity contribution in [3.05, 3.63) is 65.7 Å². The monoisotopic (exact) mass is 489 g/mol. The Kier molecular flexibility index (Phi) is 7.26. The largest absolute Gasteiger partial charge is 0.484 e. The molecule has 1 saturated carbocycles. The molecule has 0 bridgehead atoms. The van der Waals surface area contributed by atoms with Crippen molar-refractivity contribution < 1.29 is 28.5 Å². The van der Waals surface area contributed by atoms with Gasteiger partial charge in [0, 0.05) is 12.0 Å². The van der Waals surface area contributed by atoms with Crippen LogP contribution in [-0.4, -0.2) is 38.4 Å². The number of carbonyl (C=O) groups is 2. The van der Waals surface area contributed by atoms with E-state index >= 15 is 0 Å². The molecule has 1 atom stereocenters. The van der Waals surface area contributed by atoms with Gasteiger partial charge in [0.25, 0.3) is 5.91 Å². The number of hydrogen-bond donors (Lipinski definition) is 1. The van der Waals surface area contributed by atoms with Crippen LogP contribution >= 0.6 is 0 Å². The molecule has 188 valence electrons. The number of benzene rings is 3. The molecule has 0 saturated heterocycles. The Labute approximate surface area is 210 Å². The van der Waals surface area contributed by atoms with Gasteiger partial charge < -0.3 is 24.3 Å². The van der Waals surface area contributed by atoms with Gasteiger partial charge in [0.15, 0.2) is 18.1 Å². The summed E-state index contributed by atoms with van der Waals surface area (Å²) in [5.74, 6) is 1.40. The van der Waals surface area contributed by atoms with Crippen molar-refractivity contribution in [1.82, 2.24) is 5.32 Å². The fourth-order valence-electron chi connectivity index (χ4n) is 5.02. The number of methoxy groups -OCH3 is 1. The van der Waals surface area contributed by atoms with E-state index in [1.807, 2.05) is 48.5 Å². The van der Waals surface area contributed by atoms with Crippen LogP contribution in [0.5, 0.6) is 17.2 Å². The highest BCUT2D eigenvalue weighted by Crippen LogP contribution is 2.38. The zero-order chi connectivity index (χ0) is 24.9. The Morgan fingerprint density at radius 2 is 1.67 bits per heavy atom. The summed E-state index contributed by atoms with van der Waals surface area (Å²) < 4.78 is 21.8. The molecule has 3 aromatic rings. The third kappa shape index (κ3) is 5.56. The molecule has 1 heterocycles. The van der Waals surface area contributed by atoms with Crippen LogP contribution in [0.25, 0.3) is 10.8 Å². The standard InChI is InChI=1S/C29H31NO6/c1-33-29(32)16-25(21-10-12-26-27(15-21)36-18-35-26)20-8-7-19-9-11-24(14-22(19)13-20)34-17-28(31)30-23-5-3-2-4-6-23/h7-15,23,25H,2-6,16-18H2,1H3,(H,30,31). The first kappa shape index (κ1) is 24.0. The van der Waals surface area contributed by atoms with Crippen LogP contribution < -0.4 is 19.5 Å². The van der Waals surface area contributed by atoms with Crippen LogP contribution in [0.4, 0.5) is 0 Å². The second-order valence-electron chi connectivity index (χ2n) is 9.41. The summed E-state index contributed by atoms with van der Waals surface area (Å²) in [4.78, 5) is 24.6. The molecule has 1 amide bonds. The molecule has 0 radical (unpaired) electrons. The maximum absolute atomic E-state index is 12.4. The minimum atomic E-state index is -0.293. The van der Waals surface area contributed by atoms with Gasteiger partial charge in [-0.1, -0.05) is 49.6 Å². The lowest BCUT2D eigenvalue weighted by atomic mass is 9.87. The first-order chi connectivity index (χ1) is 17.6. The number of ether oxygens (including phenoxy) is 4. The van der Waals surface area contributed by atoms with Gasteiger partial charge in [-0.05, 0) is 59.0 Å². The summed E-state index contributed by atoms with van der Waals surface area (Å²) in [5.41, 5.74) is 1.91. The van der Waals surface area contributed by atoms with Crippen molar-refractivity contribution in [3.63, 3.8) is 0 Å². The summed E-state index contributed by atoms with van der Waals surface area (Å²) in [6.07, 6.45) is 5.86. The highest BCUT2D eigenvalue weighted by molar-refractivity contribution is 5.85. The van der Waals surface area contributed by atoms with Crippen molar-refractivity contribution in [3.8, 4) is 17.2 Å². The lowest BCUT2D eigenvalue weighted by Crippen LogP contribution is -2.38. The Morgan fingerprint density at radius 3 is 2.50 bits per heavy atom. The first-order valence-electron chi connectivity index (χ1n) is 12.5. The van der Waals surface area contributed by atoms with E-state index < -0.39 is 0 Å². The summed E-state index contributed by atoms with van der Waals surface area (Å²) >= 11 is 0. The van der Waals surface area contributed by atoms with Crippen molar-refractivity contribution in [2.45, 2.75) is 50.5 Å². The molecular formula is C29H31NO6. The predicted molar refractivity (Wildman–Crippen MR) is 135 cm³/mol. The highest BCUT2D eigenvalue weighted by Gasteiger charge is 2.23. The minimum Gasteiger partial charge on any atom is -0.484 e. The molecule has 2 aliphatic rings. The van der Waals surface area contributed by atoms with Crippen molar-refractivity contribution in [1.29, 1.82) is 0 Å². The van der Waals surface area contributed by atoms with E-state index in [2.05, 4.69) is 11.4 Å². The number of carbonyl (C=O) groups excluding carboxylic acids is 2. The van der Waals surface area contributed by atoms with Crippen LogP contribution in [0.2, 0.25) is 0 Å². The molecule has 0 spiro atoms. The first-order valence-corrected chi connectivity index (χ1v) is 12.5. The zero-order valence-corrected chi connectivity index (χ0v) is 20.5. The van der Waals surface area contributed by atoms with Crippen molar-refractivity contribution in [2.75, 3.05) is 20.5 Å². The van der Waals surface area contributed by atoms with E-state index in [0.29, 0.717) is 17.2 Å². The molecule has 1 aliphatic carbocycles. The van der Waals surface area contributed by atoms with Gasteiger partial charge in [-0.25, -0.2) is 0 Å². The molecule has 5 rings (SSSR count). The Balaban J connectivity index is 1.35. The molecule has 0 aromatic heterocycles. The fourth-order valence-corrected chi connectivity index (χ4v) is 5.02. The van der Waals surface area contributed by atoms with E-state index in [0.717, 1.165) is 34.7 Å². The molecule has 1 aliphatic heterocycles. The number of fused-ring (bicyclic) bond motifs is 2. The Hall–Kier alpha value is -3.74. The summed E-state index contributed by atoms with van der Waals surface area (Å²) in [6, 6.07) is 17.9. The van der Waals surface area contributed by atoms with Gasteiger partial charge in [-0.2, -0.15) is 0 Å². The number of rotatable bonds is 8. The molecule has 1 unspecified atom stereocenters. The zero-order valence-electron chi connectivity index (χ0n) is 20.5. The van der Waals surface area contributed by atoms with Gasteiger partial charge in [-0.15, -0.1) is 0 Å². The predicted octanol–water partition coefficient (Wildman–Crippen LogP) is 5.09. The third-order valence-corrected chi connectivity index (χ3v) is 6.98. The average molecular weight is 490 g/mol. The number of esters is 1. The average Bonchev–Trinajstić information content (AvgIpc) is 3.38. The molecule has 1 N–H and O–H groups in total. The molecule has 7 heteroatoms. The van der Waals surface area contributed by atoms with E-state index in [9.17, 15) is 9.59 Å². The second-order valence-corrected chi connectivity index (χ2v) is 9.41. The van der Waals surface area contributed by atoms with E-state index in [4.69, 9.17) is 18.9 Å². The van der Waals surface area contributed by atoms with Crippen LogP contribution in [0, 0.1) is 0 Å². The van der Waals surface area contributed by atoms with Crippen LogP contribution in [0.1, 0.15) is 55.6 Å². The van der Waals surface area contributed by atoms with Crippen molar-refractivity contribution >= 4 is 22.6 Å². The van der Waals surface area contributed by atoms with Gasteiger partial charge in [-0.3, -0.25) is 9.59 Å². The number of nitrogens with one attached hydrogen (secondary N) is 1. The molecule has 7 nitrogen and oxygen atoms in total. The van der Waals surface area contributed by atoms with E-state index in [-0.39, 0.29) is 43.7 Å². The minimum absolute atomic E-state index is 0.0101. The van der Waals surface area contributed by atoms with Gasteiger partial charge >= 0.3 is 5.97 Å². The molecule has 3 aromatic carbocycles. The smallest absolute Gasteiger partial charge is 0.306 e. The van der Waals surface area contributed by atoms with E-state index in [1.54, 1.807) is 0 Å². The van der Waals surface area contributed by atoms with Crippen LogP contribution in [0.15, 0.2) is 54.6 Å². The van der Waals surface area contributed by atoms with Crippen LogP contribution in [0.3, 0.4) is 0 Å². The van der Waals surface area contributed by atoms with Gasteiger partial charge in [0.2, 0.25) is 6.79 Å². The fraction of sp³-hybridized carbons (Fsp3) is 0.379. The van der Waals surface area contributed by atoms with E-state index in [1.165, 1.54) is 26.4 Å². The maximum atomic E-state index is 12.4. The quantitative estimate of drug-likeness (QED) is 0.444. The summed E-state index contributed by atoms with van der Waals surface area (Å²) in [6.45, 7) is 0.182.